The van der Waals surface area contributed by atoms with Crippen LogP contribution in [0.25, 0.3) is 0 Å². The molecule has 0 aromatic heterocycles. The zero-order valence-corrected chi connectivity index (χ0v) is 16.8. The Morgan fingerprint density at radius 2 is 2.00 bits per heavy atom. The third kappa shape index (κ3) is 5.65. The Morgan fingerprint density at radius 1 is 1.35 bits per heavy atom. The third-order valence-corrected chi connectivity index (χ3v) is 6.46. The number of sulfonamides is 1. The molecule has 148 valence electrons. The zero-order chi connectivity index (χ0) is 18.4. The smallest absolute Gasteiger partial charge is 0.243 e. The second-order valence-corrected chi connectivity index (χ2v) is 8.39. The third-order valence-electron chi connectivity index (χ3n) is 4.55. The lowest BCUT2D eigenvalue weighted by molar-refractivity contribution is -0.118. The number of hydrogen-bond acceptors (Lipinski definition) is 5. The van der Waals surface area contributed by atoms with Gasteiger partial charge in [-0.05, 0) is 31.0 Å². The summed E-state index contributed by atoms with van der Waals surface area (Å²) in [7, 11) is -0.511. The highest BCUT2D eigenvalue weighted by Gasteiger charge is 2.29. The molecule has 1 aromatic carbocycles. The monoisotopic (exact) mass is 405 g/mol. The summed E-state index contributed by atoms with van der Waals surface area (Å²) in [6.45, 7) is 0.0915. The van der Waals surface area contributed by atoms with E-state index in [4.69, 9.17) is 10.5 Å². The molecule has 2 rings (SSSR count). The number of hydrogen-bond donors (Lipinski definition) is 2. The van der Waals surface area contributed by atoms with Gasteiger partial charge in [-0.25, -0.2) is 8.42 Å². The fourth-order valence-electron chi connectivity index (χ4n) is 3.03. The molecule has 1 aliphatic carbocycles. The summed E-state index contributed by atoms with van der Waals surface area (Å²) < 4.78 is 32.1. The maximum atomic E-state index is 12.9. The number of anilines is 1. The van der Waals surface area contributed by atoms with Crippen LogP contribution in [0.3, 0.4) is 0 Å². The van der Waals surface area contributed by atoms with E-state index in [9.17, 15) is 13.2 Å². The first-order valence-electron chi connectivity index (χ1n) is 8.49. The van der Waals surface area contributed by atoms with E-state index in [0.717, 1.165) is 32.1 Å². The van der Waals surface area contributed by atoms with Crippen LogP contribution >= 0.6 is 12.4 Å². The molecule has 0 heterocycles. The molecule has 0 saturated heterocycles. The van der Waals surface area contributed by atoms with Gasteiger partial charge in [0.1, 0.15) is 6.04 Å². The number of carbonyl (C=O) groups excluding carboxylic acids is 1. The lowest BCUT2D eigenvalue weighted by Gasteiger charge is -2.30. The van der Waals surface area contributed by atoms with Crippen molar-refractivity contribution in [3.05, 3.63) is 24.3 Å². The molecule has 0 bridgehead atoms. The lowest BCUT2D eigenvalue weighted by atomic mass is 9.96. The summed E-state index contributed by atoms with van der Waals surface area (Å²) in [5.41, 5.74) is 6.08. The molecule has 1 saturated carbocycles. The first kappa shape index (κ1) is 22.9. The van der Waals surface area contributed by atoms with Crippen molar-refractivity contribution in [1.29, 1.82) is 0 Å². The molecular formula is C17H28ClN3O4S. The molecule has 26 heavy (non-hydrogen) atoms. The molecule has 9 heteroatoms. The summed E-state index contributed by atoms with van der Waals surface area (Å²) >= 11 is 0. The molecule has 1 aliphatic rings. The van der Waals surface area contributed by atoms with Gasteiger partial charge in [0.2, 0.25) is 15.9 Å². The average Bonchev–Trinajstić information content (AvgIpc) is 2.62. The van der Waals surface area contributed by atoms with Crippen LogP contribution in [0.4, 0.5) is 5.69 Å². The predicted octanol–water partition coefficient (Wildman–Crippen LogP) is 1.97. The van der Waals surface area contributed by atoms with Gasteiger partial charge in [-0.1, -0.05) is 25.3 Å². The first-order valence-corrected chi connectivity index (χ1v) is 9.93. The van der Waals surface area contributed by atoms with Gasteiger partial charge < -0.3 is 15.8 Å². The van der Waals surface area contributed by atoms with Gasteiger partial charge in [0.05, 0.1) is 11.5 Å². The van der Waals surface area contributed by atoms with Crippen molar-refractivity contribution in [2.45, 2.75) is 49.1 Å². The highest BCUT2D eigenvalue weighted by Crippen LogP contribution is 2.27. The van der Waals surface area contributed by atoms with Crippen molar-refractivity contribution in [2.75, 3.05) is 26.1 Å². The van der Waals surface area contributed by atoms with Crippen LogP contribution < -0.4 is 11.1 Å². The molecule has 1 atom stereocenters. The van der Waals surface area contributed by atoms with Crippen LogP contribution in [0.15, 0.2) is 29.2 Å². The van der Waals surface area contributed by atoms with E-state index in [0.29, 0.717) is 5.69 Å². The minimum absolute atomic E-state index is 0. The van der Waals surface area contributed by atoms with E-state index in [1.54, 1.807) is 25.2 Å². The number of ether oxygens (including phenoxy) is 1. The minimum Gasteiger partial charge on any atom is -0.383 e. The standard InChI is InChI=1S/C17H27N3O4S.ClH/c1-20(14-8-4-3-5-9-14)25(22,23)15-10-6-7-13(11-15)19-17(21)16(18)12-24-2;/h6-7,10-11,14,16H,3-5,8-9,12,18H2,1-2H3,(H,19,21);1H. The largest absolute Gasteiger partial charge is 0.383 e. The summed E-state index contributed by atoms with van der Waals surface area (Å²) in [6, 6.07) is 5.48. The normalized spacial score (nSPS) is 16.8. The second-order valence-electron chi connectivity index (χ2n) is 6.39. The van der Waals surface area contributed by atoms with Gasteiger partial charge in [0, 0.05) is 25.9 Å². The van der Waals surface area contributed by atoms with Crippen LogP contribution in [0.1, 0.15) is 32.1 Å². The van der Waals surface area contributed by atoms with Crippen molar-refractivity contribution >= 4 is 34.0 Å². The Kier molecular flexibility index (Phi) is 8.99. The topological polar surface area (TPSA) is 102 Å². The number of halogens is 1. The van der Waals surface area contributed by atoms with Crippen molar-refractivity contribution in [2.24, 2.45) is 5.73 Å². The summed E-state index contributed by atoms with van der Waals surface area (Å²) in [5.74, 6) is -0.419. The Morgan fingerprint density at radius 3 is 2.62 bits per heavy atom. The number of rotatable bonds is 7. The van der Waals surface area contributed by atoms with Gasteiger partial charge in [-0.3, -0.25) is 4.79 Å². The van der Waals surface area contributed by atoms with Crippen LogP contribution in [0.2, 0.25) is 0 Å². The SMILES string of the molecule is COCC(N)C(=O)Nc1cccc(S(=O)(=O)N(C)C2CCCCC2)c1.Cl. The Balaban J connectivity index is 0.00000338. The van der Waals surface area contributed by atoms with Gasteiger partial charge in [-0.15, -0.1) is 12.4 Å². The maximum absolute atomic E-state index is 12.9. The van der Waals surface area contributed by atoms with E-state index in [1.165, 1.54) is 17.5 Å². The fraction of sp³-hybridized carbons (Fsp3) is 0.588. The highest BCUT2D eigenvalue weighted by molar-refractivity contribution is 7.89. The van der Waals surface area contributed by atoms with Crippen LogP contribution in [-0.2, 0) is 19.6 Å². The number of amides is 1. The highest BCUT2D eigenvalue weighted by atomic mass is 35.5. The summed E-state index contributed by atoms with van der Waals surface area (Å²) in [4.78, 5) is 12.1. The second kappa shape index (κ2) is 10.2. The number of nitrogens with zero attached hydrogens (tertiary/aromatic N) is 1. The van der Waals surface area contributed by atoms with Crippen molar-refractivity contribution in [3.8, 4) is 0 Å². The predicted molar refractivity (Wildman–Crippen MR) is 104 cm³/mol. The van der Waals surface area contributed by atoms with E-state index < -0.39 is 22.0 Å². The van der Waals surface area contributed by atoms with E-state index in [-0.39, 0.29) is 30.0 Å². The van der Waals surface area contributed by atoms with E-state index in [2.05, 4.69) is 5.32 Å². The number of carbonyl (C=O) groups is 1. The molecule has 7 nitrogen and oxygen atoms in total. The quantitative estimate of drug-likeness (QED) is 0.722. The van der Waals surface area contributed by atoms with E-state index >= 15 is 0 Å². The number of nitrogens with two attached hydrogens (primary N) is 1. The van der Waals surface area contributed by atoms with Gasteiger partial charge >= 0.3 is 0 Å². The van der Waals surface area contributed by atoms with Crippen molar-refractivity contribution in [1.82, 2.24) is 4.31 Å². The number of nitrogens with one attached hydrogen (secondary N) is 1. The van der Waals surface area contributed by atoms with Gasteiger partial charge in [0.25, 0.3) is 0 Å². The molecule has 1 aromatic rings. The Labute approximate surface area is 161 Å². The van der Waals surface area contributed by atoms with Gasteiger partial charge in [0.15, 0.2) is 0 Å². The first-order chi connectivity index (χ1) is 11.9. The number of methoxy groups -OCH3 is 1. The summed E-state index contributed by atoms with van der Waals surface area (Å²) in [6.07, 6.45) is 5.04. The van der Waals surface area contributed by atoms with E-state index in [1.807, 2.05) is 0 Å². The molecular weight excluding hydrogens is 378 g/mol. The van der Waals surface area contributed by atoms with Crippen molar-refractivity contribution in [3.63, 3.8) is 0 Å². The fourth-order valence-corrected chi connectivity index (χ4v) is 4.49. The van der Waals surface area contributed by atoms with Crippen LogP contribution in [-0.4, -0.2) is 51.5 Å². The molecule has 0 radical (unpaired) electrons. The van der Waals surface area contributed by atoms with Crippen LogP contribution in [0, 0.1) is 0 Å². The molecule has 0 aliphatic heterocycles. The summed E-state index contributed by atoms with van der Waals surface area (Å²) in [5, 5.41) is 2.63. The molecule has 1 fully saturated rings. The number of benzene rings is 1. The van der Waals surface area contributed by atoms with Crippen molar-refractivity contribution < 1.29 is 17.9 Å². The maximum Gasteiger partial charge on any atom is 0.243 e. The molecule has 0 spiro atoms. The molecule has 1 unspecified atom stereocenters. The lowest BCUT2D eigenvalue weighted by Crippen LogP contribution is -2.39. The zero-order valence-electron chi connectivity index (χ0n) is 15.2. The minimum atomic E-state index is -3.60. The van der Waals surface area contributed by atoms with Gasteiger partial charge in [-0.2, -0.15) is 4.31 Å². The Bertz CT molecular complexity index is 693. The molecule has 3 N–H and O–H groups in total. The average molecular weight is 406 g/mol. The molecule has 1 amide bonds. The Hall–Kier alpha value is -1.19. The van der Waals surface area contributed by atoms with Crippen LogP contribution in [0.5, 0.6) is 0 Å².